The lowest BCUT2D eigenvalue weighted by Crippen LogP contribution is -2.36. The van der Waals surface area contributed by atoms with Gasteiger partial charge in [-0.3, -0.25) is 10.1 Å². The number of urea groups is 1. The lowest BCUT2D eigenvalue weighted by atomic mass is 10.1. The third-order valence-corrected chi connectivity index (χ3v) is 2.95. The quantitative estimate of drug-likeness (QED) is 0.473. The number of non-ortho nitro benzene ring substituents is 1. The average Bonchev–Trinajstić information content (AvgIpc) is 2.47. The molecule has 0 atom stereocenters. The number of nitro groups is 1. The fourth-order valence-electron chi connectivity index (χ4n) is 2.02. The number of amides is 2. The van der Waals surface area contributed by atoms with Gasteiger partial charge in [-0.25, -0.2) is 10.2 Å². The van der Waals surface area contributed by atoms with Crippen molar-refractivity contribution in [1.82, 2.24) is 5.43 Å². The second kappa shape index (κ2) is 6.66. The van der Waals surface area contributed by atoms with E-state index in [1.807, 2.05) is 4.90 Å². The van der Waals surface area contributed by atoms with Crippen molar-refractivity contribution in [2.24, 2.45) is 10.8 Å². The second-order valence-corrected chi connectivity index (χ2v) is 4.33. The number of nitrogens with two attached hydrogens (primary N) is 1. The summed E-state index contributed by atoms with van der Waals surface area (Å²) in [5, 5.41) is 14.5. The molecule has 0 radical (unpaired) electrons. The molecular formula is C12H15N5O4. The minimum Gasteiger partial charge on any atom is -0.378 e. The number of nitrogens with zero attached hydrogens (tertiary/aromatic N) is 3. The summed E-state index contributed by atoms with van der Waals surface area (Å²) in [6, 6.07) is 3.69. The van der Waals surface area contributed by atoms with Gasteiger partial charge in [-0.15, -0.1) is 0 Å². The third kappa shape index (κ3) is 3.89. The van der Waals surface area contributed by atoms with Gasteiger partial charge in [-0.1, -0.05) is 0 Å². The van der Waals surface area contributed by atoms with Crippen LogP contribution in [0.4, 0.5) is 16.2 Å². The van der Waals surface area contributed by atoms with Crippen LogP contribution in [0.2, 0.25) is 0 Å². The van der Waals surface area contributed by atoms with E-state index in [9.17, 15) is 14.9 Å². The number of nitrogens with one attached hydrogen (secondary N) is 1. The maximum Gasteiger partial charge on any atom is 0.332 e. The lowest BCUT2D eigenvalue weighted by Gasteiger charge is -2.29. The van der Waals surface area contributed by atoms with Crippen molar-refractivity contribution < 1.29 is 14.5 Å². The number of primary amides is 1. The molecule has 0 bridgehead atoms. The predicted octanol–water partition coefficient (Wildman–Crippen LogP) is 0.434. The van der Waals surface area contributed by atoms with E-state index in [-0.39, 0.29) is 5.69 Å². The lowest BCUT2D eigenvalue weighted by molar-refractivity contribution is -0.384. The number of carbonyl (C=O) groups excluding carboxylic acids is 1. The fraction of sp³-hybridized carbons (Fsp3) is 0.333. The van der Waals surface area contributed by atoms with Crippen molar-refractivity contribution in [3.05, 3.63) is 33.9 Å². The second-order valence-electron chi connectivity index (χ2n) is 4.33. The third-order valence-electron chi connectivity index (χ3n) is 2.95. The van der Waals surface area contributed by atoms with Crippen LogP contribution in [0.5, 0.6) is 0 Å². The molecule has 112 valence electrons. The molecule has 0 saturated carbocycles. The van der Waals surface area contributed by atoms with Crippen molar-refractivity contribution in [3.8, 4) is 0 Å². The van der Waals surface area contributed by atoms with Crippen LogP contribution in [0.1, 0.15) is 5.56 Å². The van der Waals surface area contributed by atoms with Crippen LogP contribution in [0.25, 0.3) is 0 Å². The van der Waals surface area contributed by atoms with Crippen molar-refractivity contribution in [2.75, 3.05) is 31.2 Å². The molecule has 9 heteroatoms. The highest BCUT2D eigenvalue weighted by Crippen LogP contribution is 2.25. The number of morpholine rings is 1. The Balaban J connectivity index is 2.30. The van der Waals surface area contributed by atoms with Crippen molar-refractivity contribution >= 4 is 23.6 Å². The Morgan fingerprint density at radius 2 is 2.19 bits per heavy atom. The van der Waals surface area contributed by atoms with E-state index in [0.717, 1.165) is 5.69 Å². The Bertz CT molecular complexity index is 569. The maximum absolute atomic E-state index is 10.9. The zero-order valence-electron chi connectivity index (χ0n) is 11.2. The van der Waals surface area contributed by atoms with Crippen molar-refractivity contribution in [2.45, 2.75) is 0 Å². The van der Waals surface area contributed by atoms with Gasteiger partial charge in [0.25, 0.3) is 5.69 Å². The highest BCUT2D eigenvalue weighted by Gasteiger charge is 2.17. The molecule has 1 aromatic rings. The van der Waals surface area contributed by atoms with E-state index in [2.05, 4.69) is 10.5 Å². The van der Waals surface area contributed by atoms with Gasteiger partial charge in [-0.2, -0.15) is 5.10 Å². The Morgan fingerprint density at radius 1 is 1.48 bits per heavy atom. The van der Waals surface area contributed by atoms with Gasteiger partial charge in [0.05, 0.1) is 24.4 Å². The zero-order valence-corrected chi connectivity index (χ0v) is 11.2. The van der Waals surface area contributed by atoms with Gasteiger partial charge >= 0.3 is 6.03 Å². The first-order chi connectivity index (χ1) is 10.1. The summed E-state index contributed by atoms with van der Waals surface area (Å²) in [7, 11) is 0. The molecule has 21 heavy (non-hydrogen) atoms. The van der Waals surface area contributed by atoms with Gasteiger partial charge < -0.3 is 15.4 Å². The molecule has 0 unspecified atom stereocenters. The van der Waals surface area contributed by atoms with Crippen molar-refractivity contribution in [1.29, 1.82) is 0 Å². The number of nitro benzene ring substituents is 1. The Hall–Kier alpha value is -2.68. The number of rotatable bonds is 4. The monoisotopic (exact) mass is 293 g/mol. The fourth-order valence-corrected chi connectivity index (χ4v) is 2.02. The number of hydrogen-bond donors (Lipinski definition) is 2. The van der Waals surface area contributed by atoms with E-state index < -0.39 is 11.0 Å². The van der Waals surface area contributed by atoms with Gasteiger partial charge in [0.15, 0.2) is 0 Å². The van der Waals surface area contributed by atoms with Crippen LogP contribution in [-0.4, -0.2) is 43.5 Å². The first-order valence-corrected chi connectivity index (χ1v) is 6.27. The first-order valence-electron chi connectivity index (χ1n) is 6.27. The number of anilines is 1. The zero-order chi connectivity index (χ0) is 15.2. The van der Waals surface area contributed by atoms with Crippen LogP contribution in [0, 0.1) is 10.1 Å². The predicted molar refractivity (Wildman–Crippen MR) is 76.4 cm³/mol. The Kier molecular flexibility index (Phi) is 4.67. The van der Waals surface area contributed by atoms with Gasteiger partial charge in [0.2, 0.25) is 0 Å². The molecule has 1 aliphatic rings. The van der Waals surface area contributed by atoms with Crippen LogP contribution >= 0.6 is 0 Å². The molecule has 0 spiro atoms. The van der Waals surface area contributed by atoms with Crippen molar-refractivity contribution in [3.63, 3.8) is 0 Å². The molecular weight excluding hydrogens is 278 g/mol. The molecule has 9 nitrogen and oxygen atoms in total. The topological polar surface area (TPSA) is 123 Å². The SMILES string of the molecule is NC(=O)NN=Cc1cc([N+](=O)[O-])ccc1N1CCOCC1. The minimum absolute atomic E-state index is 0.0486. The number of carbonyl (C=O) groups is 1. The number of ether oxygens (including phenoxy) is 1. The Labute approximate surface area is 120 Å². The minimum atomic E-state index is -0.801. The summed E-state index contributed by atoms with van der Waals surface area (Å²) in [6.45, 7) is 2.55. The molecule has 2 rings (SSSR count). The molecule has 0 aliphatic carbocycles. The van der Waals surface area contributed by atoms with E-state index in [0.29, 0.717) is 31.9 Å². The number of hydrogen-bond acceptors (Lipinski definition) is 6. The normalized spacial score (nSPS) is 15.1. The smallest absolute Gasteiger partial charge is 0.332 e. The maximum atomic E-state index is 10.9. The summed E-state index contributed by atoms with van der Waals surface area (Å²) >= 11 is 0. The molecule has 1 aliphatic heterocycles. The van der Waals surface area contributed by atoms with E-state index in [4.69, 9.17) is 10.5 Å². The molecule has 3 N–H and O–H groups in total. The van der Waals surface area contributed by atoms with E-state index in [1.165, 1.54) is 18.3 Å². The molecule has 1 aromatic carbocycles. The molecule has 1 fully saturated rings. The van der Waals surface area contributed by atoms with E-state index in [1.54, 1.807) is 6.07 Å². The molecule has 2 amide bonds. The molecule has 1 saturated heterocycles. The standard InChI is InChI=1S/C12H15N5O4/c13-12(18)15-14-8-9-7-10(17(19)20)1-2-11(9)16-3-5-21-6-4-16/h1-2,7-8H,3-6H2,(H3,13,15,18). The average molecular weight is 293 g/mol. The van der Waals surface area contributed by atoms with E-state index >= 15 is 0 Å². The van der Waals surface area contributed by atoms with Gasteiger partial charge in [0.1, 0.15) is 0 Å². The largest absolute Gasteiger partial charge is 0.378 e. The molecule has 0 aromatic heterocycles. The summed E-state index contributed by atoms with van der Waals surface area (Å²) in [4.78, 5) is 23.0. The van der Waals surface area contributed by atoms with Gasteiger partial charge in [-0.05, 0) is 6.07 Å². The van der Waals surface area contributed by atoms with Gasteiger partial charge in [0, 0.05) is 36.5 Å². The summed E-state index contributed by atoms with van der Waals surface area (Å²) in [6.07, 6.45) is 1.34. The van der Waals surface area contributed by atoms with Crippen LogP contribution < -0.4 is 16.1 Å². The van der Waals surface area contributed by atoms with Crippen LogP contribution in [-0.2, 0) is 4.74 Å². The van der Waals surface area contributed by atoms with Crippen LogP contribution in [0.15, 0.2) is 23.3 Å². The highest BCUT2D eigenvalue weighted by atomic mass is 16.6. The first kappa shape index (κ1) is 14.7. The Morgan fingerprint density at radius 3 is 2.81 bits per heavy atom. The number of hydrazone groups is 1. The van der Waals surface area contributed by atoms with Crippen LogP contribution in [0.3, 0.4) is 0 Å². The number of benzene rings is 1. The summed E-state index contributed by atoms with van der Waals surface area (Å²) in [5.41, 5.74) is 8.25. The summed E-state index contributed by atoms with van der Waals surface area (Å²) < 4.78 is 5.28. The summed E-state index contributed by atoms with van der Waals surface area (Å²) in [5.74, 6) is 0. The highest BCUT2D eigenvalue weighted by molar-refractivity contribution is 5.90. The molecule has 1 heterocycles.